The molecule has 0 bridgehead atoms. The summed E-state index contributed by atoms with van der Waals surface area (Å²) in [5.74, 6) is -0.550. The van der Waals surface area contributed by atoms with Gasteiger partial charge in [0.1, 0.15) is 6.04 Å². The van der Waals surface area contributed by atoms with Crippen molar-refractivity contribution < 1.29 is 14.4 Å². The Morgan fingerprint density at radius 2 is 1.83 bits per heavy atom. The fourth-order valence-corrected chi connectivity index (χ4v) is 5.02. The van der Waals surface area contributed by atoms with Crippen molar-refractivity contribution in [3.63, 3.8) is 0 Å². The first-order valence-corrected chi connectivity index (χ1v) is 11.2. The maximum Gasteiger partial charge on any atom is 0.257 e. The summed E-state index contributed by atoms with van der Waals surface area (Å²) in [6.45, 7) is 2.35. The van der Waals surface area contributed by atoms with Crippen molar-refractivity contribution in [3.8, 4) is 0 Å². The topological polar surface area (TPSA) is 57.7 Å². The molecule has 1 saturated carbocycles. The molecule has 4 rings (SSSR count). The van der Waals surface area contributed by atoms with Crippen LogP contribution in [-0.2, 0) is 20.9 Å². The third-order valence-electron chi connectivity index (χ3n) is 5.93. The minimum absolute atomic E-state index is 0.0232. The van der Waals surface area contributed by atoms with E-state index < -0.39 is 6.04 Å². The van der Waals surface area contributed by atoms with E-state index in [0.717, 1.165) is 42.5 Å². The number of rotatable bonds is 5. The molecule has 1 atom stereocenters. The maximum absolute atomic E-state index is 13.4. The molecule has 6 heteroatoms. The first-order chi connectivity index (χ1) is 14.0. The first kappa shape index (κ1) is 19.8. The van der Waals surface area contributed by atoms with Crippen molar-refractivity contribution >= 4 is 34.7 Å². The van der Waals surface area contributed by atoms with Gasteiger partial charge in [0.05, 0.1) is 18.7 Å². The number of hydrogen-bond donors (Lipinski definition) is 0. The number of carbonyl (C=O) groups is 3. The molecule has 1 saturated heterocycles. The molecule has 2 heterocycles. The third kappa shape index (κ3) is 4.13. The van der Waals surface area contributed by atoms with E-state index in [1.807, 2.05) is 36.6 Å². The van der Waals surface area contributed by atoms with Gasteiger partial charge in [-0.3, -0.25) is 14.4 Å². The van der Waals surface area contributed by atoms with Crippen LogP contribution in [0.4, 0.5) is 5.69 Å². The van der Waals surface area contributed by atoms with Crippen LogP contribution in [0, 0.1) is 12.8 Å². The van der Waals surface area contributed by atoms with Crippen LogP contribution in [0.5, 0.6) is 0 Å². The molecular formula is C23H26N2O3S. The second-order valence-electron chi connectivity index (χ2n) is 8.00. The molecule has 0 radical (unpaired) electrons. The predicted molar refractivity (Wildman–Crippen MR) is 114 cm³/mol. The number of hydrogen-bond acceptors (Lipinski definition) is 4. The summed E-state index contributed by atoms with van der Waals surface area (Å²) in [4.78, 5) is 43.4. The van der Waals surface area contributed by atoms with Crippen molar-refractivity contribution in [3.05, 3.63) is 52.2 Å². The minimum atomic E-state index is -0.722. The molecular weight excluding hydrogens is 384 g/mol. The van der Waals surface area contributed by atoms with Gasteiger partial charge in [0.2, 0.25) is 11.8 Å². The largest absolute Gasteiger partial charge is 0.325 e. The molecule has 1 aliphatic carbocycles. The molecule has 1 aromatic heterocycles. The summed E-state index contributed by atoms with van der Waals surface area (Å²) in [6.07, 6.45) is 5.06. The molecule has 1 unspecified atom stereocenters. The second kappa shape index (κ2) is 8.49. The second-order valence-corrected chi connectivity index (χ2v) is 9.04. The monoisotopic (exact) mass is 410 g/mol. The van der Waals surface area contributed by atoms with Crippen molar-refractivity contribution in [1.29, 1.82) is 0 Å². The van der Waals surface area contributed by atoms with Crippen molar-refractivity contribution in [1.82, 2.24) is 4.90 Å². The molecule has 152 valence electrons. The SMILES string of the molecule is Cc1ccc(N2C(=O)CC(N(Cc3cccs3)C(=O)C3CCCCC3)C2=O)cc1. The minimum Gasteiger partial charge on any atom is -0.325 e. The fourth-order valence-electron chi connectivity index (χ4n) is 4.32. The summed E-state index contributed by atoms with van der Waals surface area (Å²) >= 11 is 1.57. The third-order valence-corrected chi connectivity index (χ3v) is 6.80. The Morgan fingerprint density at radius 1 is 1.10 bits per heavy atom. The van der Waals surface area contributed by atoms with E-state index in [-0.39, 0.29) is 30.1 Å². The van der Waals surface area contributed by atoms with E-state index in [1.165, 1.54) is 4.90 Å². The van der Waals surface area contributed by atoms with Gasteiger partial charge < -0.3 is 4.90 Å². The molecule has 2 aliphatic rings. The van der Waals surface area contributed by atoms with Gasteiger partial charge in [0, 0.05) is 10.8 Å². The lowest BCUT2D eigenvalue weighted by atomic mass is 9.88. The highest BCUT2D eigenvalue weighted by Gasteiger charge is 2.45. The van der Waals surface area contributed by atoms with Gasteiger partial charge >= 0.3 is 0 Å². The first-order valence-electron chi connectivity index (χ1n) is 10.3. The highest BCUT2D eigenvalue weighted by Crippen LogP contribution is 2.31. The molecule has 1 aromatic carbocycles. The Labute approximate surface area is 175 Å². The van der Waals surface area contributed by atoms with Crippen LogP contribution >= 0.6 is 11.3 Å². The summed E-state index contributed by atoms with van der Waals surface area (Å²) in [5, 5.41) is 1.97. The highest BCUT2D eigenvalue weighted by molar-refractivity contribution is 7.09. The van der Waals surface area contributed by atoms with Crippen LogP contribution < -0.4 is 4.90 Å². The van der Waals surface area contributed by atoms with Crippen molar-refractivity contribution in [2.75, 3.05) is 4.90 Å². The summed E-state index contributed by atoms with van der Waals surface area (Å²) in [5.41, 5.74) is 1.64. The van der Waals surface area contributed by atoms with E-state index in [1.54, 1.807) is 28.4 Å². The molecule has 5 nitrogen and oxygen atoms in total. The van der Waals surface area contributed by atoms with Crippen LogP contribution in [0.2, 0.25) is 0 Å². The van der Waals surface area contributed by atoms with E-state index >= 15 is 0 Å². The Balaban J connectivity index is 1.61. The maximum atomic E-state index is 13.4. The number of anilines is 1. The van der Waals surface area contributed by atoms with E-state index in [9.17, 15) is 14.4 Å². The van der Waals surface area contributed by atoms with Gasteiger partial charge in [0.15, 0.2) is 0 Å². The van der Waals surface area contributed by atoms with Gasteiger partial charge in [-0.2, -0.15) is 0 Å². The van der Waals surface area contributed by atoms with Gasteiger partial charge in [-0.15, -0.1) is 11.3 Å². The molecule has 1 aliphatic heterocycles. The molecule has 2 aromatic rings. The summed E-state index contributed by atoms with van der Waals surface area (Å²) in [7, 11) is 0. The average Bonchev–Trinajstić information content (AvgIpc) is 3.35. The molecule has 29 heavy (non-hydrogen) atoms. The van der Waals surface area contributed by atoms with Crippen LogP contribution in [-0.4, -0.2) is 28.7 Å². The van der Waals surface area contributed by atoms with Crippen LogP contribution in [0.1, 0.15) is 49.0 Å². The highest BCUT2D eigenvalue weighted by atomic mass is 32.1. The quantitative estimate of drug-likeness (QED) is 0.691. The fraction of sp³-hybridized carbons (Fsp3) is 0.435. The zero-order chi connectivity index (χ0) is 20.4. The zero-order valence-electron chi connectivity index (χ0n) is 16.7. The van der Waals surface area contributed by atoms with Crippen LogP contribution in [0.3, 0.4) is 0 Å². The summed E-state index contributed by atoms with van der Waals surface area (Å²) < 4.78 is 0. The van der Waals surface area contributed by atoms with E-state index in [2.05, 4.69) is 0 Å². The Bertz CT molecular complexity index is 885. The molecule has 3 amide bonds. The van der Waals surface area contributed by atoms with E-state index in [4.69, 9.17) is 0 Å². The zero-order valence-corrected chi connectivity index (χ0v) is 17.5. The van der Waals surface area contributed by atoms with E-state index in [0.29, 0.717) is 12.2 Å². The lowest BCUT2D eigenvalue weighted by molar-refractivity contribution is -0.143. The van der Waals surface area contributed by atoms with Crippen LogP contribution in [0.15, 0.2) is 41.8 Å². The van der Waals surface area contributed by atoms with Crippen molar-refractivity contribution in [2.24, 2.45) is 5.92 Å². The van der Waals surface area contributed by atoms with Gasteiger partial charge in [-0.05, 0) is 43.3 Å². The van der Waals surface area contributed by atoms with Gasteiger partial charge in [0.25, 0.3) is 5.91 Å². The summed E-state index contributed by atoms with van der Waals surface area (Å²) in [6, 6.07) is 10.6. The Morgan fingerprint density at radius 3 is 2.48 bits per heavy atom. The Kier molecular flexibility index (Phi) is 5.81. The molecule has 2 fully saturated rings. The molecule has 0 N–H and O–H groups in total. The lowest BCUT2D eigenvalue weighted by Crippen LogP contribution is -2.47. The number of aryl methyl sites for hydroxylation is 1. The number of nitrogens with zero attached hydrogens (tertiary/aromatic N) is 2. The Hall–Kier alpha value is -2.47. The number of carbonyl (C=O) groups excluding carboxylic acids is 3. The smallest absolute Gasteiger partial charge is 0.257 e. The van der Waals surface area contributed by atoms with Gasteiger partial charge in [-0.25, -0.2) is 4.90 Å². The number of benzene rings is 1. The molecule has 0 spiro atoms. The standard InChI is InChI=1S/C23H26N2O3S/c1-16-9-11-18(12-10-16)25-21(26)14-20(23(25)28)24(15-19-8-5-13-29-19)22(27)17-6-3-2-4-7-17/h5,8-13,17,20H,2-4,6-7,14-15H2,1H3. The van der Waals surface area contributed by atoms with Gasteiger partial charge in [-0.1, -0.05) is 43.0 Å². The van der Waals surface area contributed by atoms with Crippen LogP contribution in [0.25, 0.3) is 0 Å². The lowest BCUT2D eigenvalue weighted by Gasteiger charge is -2.32. The predicted octanol–water partition coefficient (Wildman–Crippen LogP) is 4.30. The normalized spacial score (nSPS) is 20.3. The number of amides is 3. The number of thiophene rings is 1. The average molecular weight is 411 g/mol. The van der Waals surface area contributed by atoms with Crippen molar-refractivity contribution in [2.45, 2.75) is 58.0 Å². The number of imide groups is 1.